The molecule has 1 aromatic rings. The molecule has 21 heavy (non-hydrogen) atoms. The van der Waals surface area contributed by atoms with E-state index in [-0.39, 0.29) is 17.0 Å². The van der Waals surface area contributed by atoms with Crippen molar-refractivity contribution in [3.05, 3.63) is 28.5 Å². The standard InChI is InChI=1S/C14H18BrFN2O2S/c15-10-5-6-14(11(16)9-10)21(19,20)18-8-2-4-13(18)12-3-1-7-17-12/h5-6,9,12-13,17H,1-4,7-8H2. The fraction of sp³-hybridized carbons (Fsp3) is 0.571. The van der Waals surface area contributed by atoms with E-state index < -0.39 is 15.8 Å². The number of rotatable bonds is 3. The molecule has 116 valence electrons. The summed E-state index contributed by atoms with van der Waals surface area (Å²) in [5, 5.41) is 3.37. The van der Waals surface area contributed by atoms with Gasteiger partial charge in [-0.2, -0.15) is 4.31 Å². The Bertz CT molecular complexity index is 632. The van der Waals surface area contributed by atoms with Crippen molar-refractivity contribution in [1.82, 2.24) is 9.62 Å². The van der Waals surface area contributed by atoms with Gasteiger partial charge in [0.05, 0.1) is 0 Å². The first kappa shape index (κ1) is 15.4. The maximum absolute atomic E-state index is 14.1. The second-order valence-electron chi connectivity index (χ2n) is 5.60. The number of hydrogen-bond acceptors (Lipinski definition) is 3. The van der Waals surface area contributed by atoms with Crippen LogP contribution in [0.1, 0.15) is 25.7 Å². The Balaban J connectivity index is 1.93. The van der Waals surface area contributed by atoms with Crippen molar-refractivity contribution in [2.75, 3.05) is 13.1 Å². The number of nitrogens with one attached hydrogen (secondary N) is 1. The summed E-state index contributed by atoms with van der Waals surface area (Å²) in [4.78, 5) is -0.226. The van der Waals surface area contributed by atoms with Gasteiger partial charge in [0.15, 0.2) is 0 Å². The average molecular weight is 377 g/mol. The van der Waals surface area contributed by atoms with Gasteiger partial charge < -0.3 is 5.32 Å². The summed E-state index contributed by atoms with van der Waals surface area (Å²) >= 11 is 3.15. The predicted octanol–water partition coefficient (Wildman–Crippen LogP) is 2.49. The van der Waals surface area contributed by atoms with Crippen LogP contribution in [0.15, 0.2) is 27.6 Å². The van der Waals surface area contributed by atoms with E-state index in [4.69, 9.17) is 0 Å². The summed E-state index contributed by atoms with van der Waals surface area (Å²) in [5.41, 5.74) is 0. The van der Waals surface area contributed by atoms with E-state index in [1.165, 1.54) is 16.4 Å². The molecule has 0 aliphatic carbocycles. The van der Waals surface area contributed by atoms with Crippen molar-refractivity contribution in [3.8, 4) is 0 Å². The molecule has 1 N–H and O–H groups in total. The first-order chi connectivity index (χ1) is 10.00. The minimum atomic E-state index is -3.78. The van der Waals surface area contributed by atoms with E-state index in [9.17, 15) is 12.8 Å². The van der Waals surface area contributed by atoms with Crippen molar-refractivity contribution in [3.63, 3.8) is 0 Å². The number of benzene rings is 1. The molecular weight excluding hydrogens is 359 g/mol. The third-order valence-electron chi connectivity index (χ3n) is 4.29. The van der Waals surface area contributed by atoms with Crippen LogP contribution in [0, 0.1) is 5.82 Å². The molecule has 3 rings (SSSR count). The highest BCUT2D eigenvalue weighted by Gasteiger charge is 2.41. The normalized spacial score (nSPS) is 27.3. The van der Waals surface area contributed by atoms with E-state index in [1.807, 2.05) is 0 Å². The van der Waals surface area contributed by atoms with Gasteiger partial charge in [-0.15, -0.1) is 0 Å². The summed E-state index contributed by atoms with van der Waals surface area (Å²) in [6.45, 7) is 1.41. The number of hydrogen-bond donors (Lipinski definition) is 1. The molecule has 2 aliphatic rings. The van der Waals surface area contributed by atoms with Crippen LogP contribution in [0.5, 0.6) is 0 Å². The first-order valence-corrected chi connectivity index (χ1v) is 9.44. The average Bonchev–Trinajstić information content (AvgIpc) is 3.09. The Labute approximate surface area is 132 Å². The monoisotopic (exact) mass is 376 g/mol. The Hall–Kier alpha value is -0.500. The number of halogens is 2. The van der Waals surface area contributed by atoms with Gasteiger partial charge in [-0.05, 0) is 50.4 Å². The Morgan fingerprint density at radius 2 is 2.10 bits per heavy atom. The molecule has 0 aromatic heterocycles. The van der Waals surface area contributed by atoms with Gasteiger partial charge in [0, 0.05) is 23.1 Å². The summed E-state index contributed by atoms with van der Waals surface area (Å²) < 4.78 is 41.6. The summed E-state index contributed by atoms with van der Waals surface area (Å²) in [7, 11) is -3.78. The van der Waals surface area contributed by atoms with Gasteiger partial charge >= 0.3 is 0 Å². The molecule has 0 amide bonds. The second-order valence-corrected chi connectivity index (χ2v) is 8.38. The zero-order valence-electron chi connectivity index (χ0n) is 11.6. The smallest absolute Gasteiger partial charge is 0.246 e. The maximum Gasteiger partial charge on any atom is 0.246 e. The van der Waals surface area contributed by atoms with Crippen molar-refractivity contribution in [1.29, 1.82) is 0 Å². The summed E-state index contributed by atoms with van der Waals surface area (Å²) in [6.07, 6.45) is 3.73. The second kappa shape index (κ2) is 5.95. The summed E-state index contributed by atoms with van der Waals surface area (Å²) in [5.74, 6) is -0.700. The fourth-order valence-electron chi connectivity index (χ4n) is 3.32. The summed E-state index contributed by atoms with van der Waals surface area (Å²) in [6, 6.07) is 4.24. The van der Waals surface area contributed by atoms with E-state index in [2.05, 4.69) is 21.2 Å². The third-order valence-corrected chi connectivity index (χ3v) is 6.74. The Morgan fingerprint density at radius 3 is 2.76 bits per heavy atom. The van der Waals surface area contributed by atoms with Crippen LogP contribution < -0.4 is 5.32 Å². The van der Waals surface area contributed by atoms with Crippen molar-refractivity contribution >= 4 is 26.0 Å². The lowest BCUT2D eigenvalue weighted by Crippen LogP contribution is -2.46. The van der Waals surface area contributed by atoms with Gasteiger partial charge in [0.1, 0.15) is 10.7 Å². The molecule has 2 saturated heterocycles. The topological polar surface area (TPSA) is 49.4 Å². The van der Waals surface area contributed by atoms with Crippen LogP contribution >= 0.6 is 15.9 Å². The van der Waals surface area contributed by atoms with Gasteiger partial charge in [0.25, 0.3) is 0 Å². The molecule has 1 aromatic carbocycles. The Morgan fingerprint density at radius 1 is 1.29 bits per heavy atom. The zero-order valence-corrected chi connectivity index (χ0v) is 14.0. The van der Waals surface area contributed by atoms with Crippen molar-refractivity contribution in [2.24, 2.45) is 0 Å². The van der Waals surface area contributed by atoms with Crippen molar-refractivity contribution < 1.29 is 12.8 Å². The predicted molar refractivity (Wildman–Crippen MR) is 82.0 cm³/mol. The lowest BCUT2D eigenvalue weighted by atomic mass is 10.1. The Kier molecular flexibility index (Phi) is 4.36. The van der Waals surface area contributed by atoms with Gasteiger partial charge in [0.2, 0.25) is 10.0 Å². The minimum absolute atomic E-state index is 0.0550. The van der Waals surface area contributed by atoms with Gasteiger partial charge in [-0.3, -0.25) is 0 Å². The molecular formula is C14H18BrFN2O2S. The third kappa shape index (κ3) is 2.88. The maximum atomic E-state index is 14.1. The molecule has 4 nitrogen and oxygen atoms in total. The molecule has 7 heteroatoms. The number of sulfonamides is 1. The molecule has 2 fully saturated rings. The van der Waals surface area contributed by atoms with Crippen LogP contribution in [0.3, 0.4) is 0 Å². The van der Waals surface area contributed by atoms with E-state index in [1.54, 1.807) is 6.07 Å². The number of nitrogens with zero attached hydrogens (tertiary/aromatic N) is 1. The SMILES string of the molecule is O=S(=O)(c1ccc(Br)cc1F)N1CCCC1C1CCCN1. The van der Waals surface area contributed by atoms with E-state index in [0.29, 0.717) is 11.0 Å². The quantitative estimate of drug-likeness (QED) is 0.881. The van der Waals surface area contributed by atoms with Crippen LogP contribution in [0.25, 0.3) is 0 Å². The molecule has 0 bridgehead atoms. The molecule has 0 radical (unpaired) electrons. The van der Waals surface area contributed by atoms with Gasteiger partial charge in [-0.25, -0.2) is 12.8 Å². The van der Waals surface area contributed by atoms with Crippen LogP contribution in [0.2, 0.25) is 0 Å². The minimum Gasteiger partial charge on any atom is -0.312 e. The van der Waals surface area contributed by atoms with Crippen LogP contribution in [-0.4, -0.2) is 37.9 Å². The van der Waals surface area contributed by atoms with E-state index >= 15 is 0 Å². The lowest BCUT2D eigenvalue weighted by Gasteiger charge is -2.28. The van der Waals surface area contributed by atoms with Crippen molar-refractivity contribution in [2.45, 2.75) is 42.7 Å². The zero-order chi connectivity index (χ0) is 15.0. The molecule has 2 atom stereocenters. The molecule has 2 aliphatic heterocycles. The molecule has 0 saturated carbocycles. The van der Waals surface area contributed by atoms with Crippen LogP contribution in [-0.2, 0) is 10.0 Å². The van der Waals surface area contributed by atoms with Gasteiger partial charge in [-0.1, -0.05) is 15.9 Å². The molecule has 0 spiro atoms. The molecule has 2 heterocycles. The lowest BCUT2D eigenvalue weighted by molar-refractivity contribution is 0.321. The highest BCUT2D eigenvalue weighted by Crippen LogP contribution is 2.32. The first-order valence-electron chi connectivity index (χ1n) is 7.20. The highest BCUT2D eigenvalue weighted by atomic mass is 79.9. The van der Waals surface area contributed by atoms with E-state index in [0.717, 1.165) is 32.2 Å². The highest BCUT2D eigenvalue weighted by molar-refractivity contribution is 9.10. The largest absolute Gasteiger partial charge is 0.312 e. The van der Waals surface area contributed by atoms with Crippen LogP contribution in [0.4, 0.5) is 4.39 Å². The fourth-order valence-corrected chi connectivity index (χ4v) is 5.43. The molecule has 2 unspecified atom stereocenters.